The maximum absolute atomic E-state index is 13.0. The molecule has 1 aromatic heterocycles. The minimum absolute atomic E-state index is 0.0767. The third-order valence-corrected chi connectivity index (χ3v) is 4.66. The lowest BCUT2D eigenvalue weighted by molar-refractivity contribution is -0.139. The van der Waals surface area contributed by atoms with Crippen molar-refractivity contribution in [3.05, 3.63) is 66.0 Å². The summed E-state index contributed by atoms with van der Waals surface area (Å²) >= 11 is 0. The third-order valence-electron chi connectivity index (χ3n) is 4.66. The van der Waals surface area contributed by atoms with Crippen LogP contribution in [-0.2, 0) is 21.4 Å². The number of carbonyl (C=O) groups excluding carboxylic acids is 2. The predicted molar refractivity (Wildman–Crippen MR) is 87.7 cm³/mol. The minimum Gasteiger partial charge on any atom is -0.281 e. The molecule has 0 saturated carbocycles. The number of carbonyl (C=O) groups is 2. The Kier molecular flexibility index (Phi) is 4.24. The maximum Gasteiger partial charge on any atom is 0.240 e. The number of pyridine rings is 1. The van der Waals surface area contributed by atoms with E-state index in [-0.39, 0.29) is 18.2 Å². The molecule has 2 heterocycles. The van der Waals surface area contributed by atoms with Crippen molar-refractivity contribution in [2.75, 3.05) is 6.54 Å². The van der Waals surface area contributed by atoms with Gasteiger partial charge in [-0.25, -0.2) is 0 Å². The summed E-state index contributed by atoms with van der Waals surface area (Å²) in [5, 5.41) is 0. The highest BCUT2D eigenvalue weighted by molar-refractivity contribution is 6.09. The molecule has 1 saturated heterocycles. The quantitative estimate of drug-likeness (QED) is 0.798. The van der Waals surface area contributed by atoms with Crippen LogP contribution in [0.4, 0.5) is 0 Å². The normalized spacial score (nSPS) is 21.0. The van der Waals surface area contributed by atoms with E-state index in [1.165, 1.54) is 4.90 Å². The van der Waals surface area contributed by atoms with Gasteiger partial charge in [0.05, 0.1) is 5.41 Å². The summed E-state index contributed by atoms with van der Waals surface area (Å²) in [5.74, 6) is -0.163. The molecule has 0 unspecified atom stereocenters. The van der Waals surface area contributed by atoms with Crippen LogP contribution >= 0.6 is 0 Å². The van der Waals surface area contributed by atoms with E-state index in [9.17, 15) is 9.59 Å². The van der Waals surface area contributed by atoms with Crippen LogP contribution in [0.1, 0.15) is 31.0 Å². The summed E-state index contributed by atoms with van der Waals surface area (Å²) in [4.78, 5) is 31.1. The molecule has 0 N–H and O–H groups in total. The van der Waals surface area contributed by atoms with Gasteiger partial charge >= 0.3 is 0 Å². The number of hydrogen-bond donors (Lipinski definition) is 0. The molecule has 0 bridgehead atoms. The first-order chi connectivity index (χ1) is 11.2. The Morgan fingerprint density at radius 3 is 2.48 bits per heavy atom. The lowest BCUT2D eigenvalue weighted by Crippen LogP contribution is -2.39. The summed E-state index contributed by atoms with van der Waals surface area (Å²) in [6.07, 6.45) is 3.20. The van der Waals surface area contributed by atoms with Crippen molar-refractivity contribution in [3.8, 4) is 0 Å². The van der Waals surface area contributed by atoms with Gasteiger partial charge in [0.25, 0.3) is 0 Å². The van der Waals surface area contributed by atoms with E-state index in [1.54, 1.807) is 6.20 Å². The van der Waals surface area contributed by atoms with Crippen LogP contribution in [0, 0.1) is 0 Å². The van der Waals surface area contributed by atoms with Gasteiger partial charge in [-0.2, -0.15) is 0 Å². The number of imide groups is 1. The molecule has 0 radical (unpaired) electrons. The molecule has 1 aliphatic rings. The van der Waals surface area contributed by atoms with Crippen molar-refractivity contribution in [3.63, 3.8) is 0 Å². The highest BCUT2D eigenvalue weighted by atomic mass is 16.2. The minimum atomic E-state index is -0.706. The molecule has 2 amide bonds. The highest BCUT2D eigenvalue weighted by Crippen LogP contribution is 2.39. The first-order valence-electron chi connectivity index (χ1n) is 7.97. The second-order valence-electron chi connectivity index (χ2n) is 5.90. The van der Waals surface area contributed by atoms with Gasteiger partial charge in [0.1, 0.15) is 0 Å². The Bertz CT molecular complexity index is 700. The molecule has 3 rings (SSSR count). The monoisotopic (exact) mass is 308 g/mol. The van der Waals surface area contributed by atoms with E-state index in [2.05, 4.69) is 4.98 Å². The van der Waals surface area contributed by atoms with E-state index in [4.69, 9.17) is 0 Å². The van der Waals surface area contributed by atoms with Crippen LogP contribution in [0.25, 0.3) is 0 Å². The van der Waals surface area contributed by atoms with E-state index < -0.39 is 5.41 Å². The number of nitrogens with zero attached hydrogens (tertiary/aromatic N) is 2. The zero-order chi connectivity index (χ0) is 16.3. The molecule has 23 heavy (non-hydrogen) atoms. The number of hydrogen-bond acceptors (Lipinski definition) is 3. The molecule has 1 aliphatic heterocycles. The summed E-state index contributed by atoms with van der Waals surface area (Å²) in [7, 11) is 0. The third kappa shape index (κ3) is 2.77. The first kappa shape index (κ1) is 15.4. The molecule has 0 aliphatic carbocycles. The number of benzene rings is 1. The van der Waals surface area contributed by atoms with Crippen molar-refractivity contribution in [2.24, 2.45) is 0 Å². The van der Waals surface area contributed by atoms with E-state index >= 15 is 0 Å². The fraction of sp³-hybridized carbons (Fsp3) is 0.316. The van der Waals surface area contributed by atoms with Crippen molar-refractivity contribution in [2.45, 2.75) is 31.6 Å². The molecule has 2 aromatic rings. The van der Waals surface area contributed by atoms with Gasteiger partial charge in [0, 0.05) is 31.3 Å². The highest BCUT2D eigenvalue weighted by Gasteiger charge is 2.51. The summed E-state index contributed by atoms with van der Waals surface area (Å²) < 4.78 is 0. The molecule has 4 heteroatoms. The van der Waals surface area contributed by atoms with Crippen molar-refractivity contribution in [1.29, 1.82) is 0 Å². The van der Waals surface area contributed by atoms with Crippen LogP contribution in [-0.4, -0.2) is 28.2 Å². The Hall–Kier alpha value is -2.49. The van der Waals surface area contributed by atoms with Crippen LogP contribution < -0.4 is 0 Å². The number of rotatable bonds is 5. The topological polar surface area (TPSA) is 50.3 Å². The second kappa shape index (κ2) is 6.32. The van der Waals surface area contributed by atoms with Gasteiger partial charge in [0.15, 0.2) is 0 Å². The van der Waals surface area contributed by atoms with Gasteiger partial charge < -0.3 is 0 Å². The van der Waals surface area contributed by atoms with Gasteiger partial charge in [-0.15, -0.1) is 0 Å². The van der Waals surface area contributed by atoms with Gasteiger partial charge in [-0.1, -0.05) is 43.3 Å². The standard InChI is InChI=1S/C19H20N2O2/c1-2-19(15-8-4-3-5-9-15)14-17(22)21(18(19)23)13-11-16-10-6-7-12-20-16/h3-10,12H,2,11,13-14H2,1H3/t19-/m1/s1. The molecule has 118 valence electrons. The Labute approximate surface area is 136 Å². The first-order valence-corrected chi connectivity index (χ1v) is 7.97. The van der Waals surface area contributed by atoms with Crippen molar-refractivity contribution in [1.82, 2.24) is 9.88 Å². The summed E-state index contributed by atoms with van der Waals surface area (Å²) in [6, 6.07) is 15.3. The molecule has 4 nitrogen and oxygen atoms in total. The largest absolute Gasteiger partial charge is 0.281 e. The average molecular weight is 308 g/mol. The molecule has 1 atom stereocenters. The number of aromatic nitrogens is 1. The maximum atomic E-state index is 13.0. The van der Waals surface area contributed by atoms with Crippen LogP contribution in [0.3, 0.4) is 0 Å². The van der Waals surface area contributed by atoms with Gasteiger partial charge in [-0.05, 0) is 24.1 Å². The SMILES string of the molecule is CC[C@]1(c2ccccc2)CC(=O)N(CCc2ccccn2)C1=O. The predicted octanol–water partition coefficient (Wildman–Crippen LogP) is 2.73. The zero-order valence-electron chi connectivity index (χ0n) is 13.2. The molecule has 0 spiro atoms. The summed E-state index contributed by atoms with van der Waals surface area (Å²) in [5.41, 5.74) is 1.12. The van der Waals surface area contributed by atoms with Crippen LogP contribution in [0.2, 0.25) is 0 Å². The van der Waals surface area contributed by atoms with E-state index in [1.807, 2.05) is 55.5 Å². The zero-order valence-corrected chi connectivity index (χ0v) is 13.2. The lowest BCUT2D eigenvalue weighted by atomic mass is 9.76. The summed E-state index contributed by atoms with van der Waals surface area (Å²) in [6.45, 7) is 2.36. The van der Waals surface area contributed by atoms with Crippen molar-refractivity contribution >= 4 is 11.8 Å². The van der Waals surface area contributed by atoms with Crippen LogP contribution in [0.5, 0.6) is 0 Å². The molecule has 1 aromatic carbocycles. The van der Waals surface area contributed by atoms with Gasteiger partial charge in [0.2, 0.25) is 11.8 Å². The molecule has 1 fully saturated rings. The van der Waals surface area contributed by atoms with E-state index in [0.717, 1.165) is 11.3 Å². The second-order valence-corrected chi connectivity index (χ2v) is 5.90. The Morgan fingerprint density at radius 1 is 1.09 bits per heavy atom. The average Bonchev–Trinajstić information content (AvgIpc) is 2.86. The Balaban J connectivity index is 1.81. The Morgan fingerprint density at radius 2 is 1.83 bits per heavy atom. The fourth-order valence-corrected chi connectivity index (χ4v) is 3.26. The number of amides is 2. The molecular formula is C19H20N2O2. The van der Waals surface area contributed by atoms with Gasteiger partial charge in [-0.3, -0.25) is 19.5 Å². The fourth-order valence-electron chi connectivity index (χ4n) is 3.26. The number of likely N-dealkylation sites (tertiary alicyclic amines) is 1. The molecular weight excluding hydrogens is 288 g/mol. The van der Waals surface area contributed by atoms with Crippen LogP contribution in [0.15, 0.2) is 54.7 Å². The van der Waals surface area contributed by atoms with E-state index in [0.29, 0.717) is 19.4 Å². The van der Waals surface area contributed by atoms with Crippen molar-refractivity contribution < 1.29 is 9.59 Å². The smallest absolute Gasteiger partial charge is 0.240 e. The lowest BCUT2D eigenvalue weighted by Gasteiger charge is -2.26.